The number of aryl methyl sites for hydroxylation is 1. The van der Waals surface area contributed by atoms with E-state index < -0.39 is 4.92 Å². The smallest absolute Gasteiger partial charge is 0.247 e. The van der Waals surface area contributed by atoms with E-state index in [2.05, 4.69) is 9.97 Å². The van der Waals surface area contributed by atoms with E-state index in [9.17, 15) is 10.1 Å². The lowest BCUT2D eigenvalue weighted by molar-refractivity contribution is -0.497. The number of rotatable bonds is 2. The maximum Gasteiger partial charge on any atom is 0.247 e. The maximum atomic E-state index is 10.3. The van der Waals surface area contributed by atoms with Gasteiger partial charge in [0.2, 0.25) is 6.54 Å². The van der Waals surface area contributed by atoms with Crippen LogP contribution in [0.15, 0.2) is 24.4 Å². The third-order valence-electron chi connectivity index (χ3n) is 2.04. The van der Waals surface area contributed by atoms with Crippen molar-refractivity contribution in [3.05, 3.63) is 45.8 Å². The summed E-state index contributed by atoms with van der Waals surface area (Å²) >= 11 is 0. The molecular weight excluding hydrogens is 194 g/mol. The van der Waals surface area contributed by atoms with Gasteiger partial charge in [0.15, 0.2) is 0 Å². The Kier molecular flexibility index (Phi) is 2.29. The van der Waals surface area contributed by atoms with Crippen molar-refractivity contribution < 1.29 is 4.92 Å². The van der Waals surface area contributed by atoms with Crippen molar-refractivity contribution in [2.75, 3.05) is 0 Å². The van der Waals surface area contributed by atoms with Crippen LogP contribution in [0.3, 0.4) is 0 Å². The molecule has 5 heteroatoms. The molecule has 1 aromatic heterocycles. The number of aromatic nitrogens is 2. The number of fused-ring (bicyclic) bond motifs is 1. The number of nitrogens with zero attached hydrogens (tertiary/aromatic N) is 3. The molecule has 0 aliphatic rings. The van der Waals surface area contributed by atoms with Crippen LogP contribution in [-0.2, 0) is 6.54 Å². The van der Waals surface area contributed by atoms with E-state index in [4.69, 9.17) is 0 Å². The lowest BCUT2D eigenvalue weighted by atomic mass is 10.2. The number of nitro groups is 1. The topological polar surface area (TPSA) is 68.9 Å². The second-order valence-corrected chi connectivity index (χ2v) is 3.34. The Morgan fingerprint density at radius 2 is 2.20 bits per heavy atom. The molecule has 1 aromatic carbocycles. The van der Waals surface area contributed by atoms with Crippen LogP contribution in [0, 0.1) is 17.0 Å². The average molecular weight is 203 g/mol. The summed E-state index contributed by atoms with van der Waals surface area (Å²) in [7, 11) is 0. The molecule has 0 fully saturated rings. The molecule has 0 amide bonds. The molecule has 0 atom stereocenters. The molecule has 2 aromatic rings. The normalized spacial score (nSPS) is 10.5. The molecule has 0 saturated heterocycles. The number of benzene rings is 1. The van der Waals surface area contributed by atoms with Crippen LogP contribution >= 0.6 is 0 Å². The molecule has 0 aliphatic carbocycles. The van der Waals surface area contributed by atoms with Crippen LogP contribution in [0.25, 0.3) is 11.0 Å². The van der Waals surface area contributed by atoms with E-state index in [1.54, 1.807) is 0 Å². The molecule has 0 spiro atoms. The largest absolute Gasteiger partial charge is 0.264 e. The second kappa shape index (κ2) is 3.61. The second-order valence-electron chi connectivity index (χ2n) is 3.34. The zero-order valence-electron chi connectivity index (χ0n) is 8.17. The van der Waals surface area contributed by atoms with Crippen molar-refractivity contribution in [1.82, 2.24) is 9.97 Å². The molecule has 0 N–H and O–H groups in total. The van der Waals surface area contributed by atoms with Crippen molar-refractivity contribution >= 4 is 11.0 Å². The molecule has 0 bridgehead atoms. The molecule has 0 aliphatic heterocycles. The molecule has 0 saturated carbocycles. The predicted molar refractivity (Wildman–Crippen MR) is 55.0 cm³/mol. The molecular formula is C10H9N3O2. The molecule has 5 nitrogen and oxygen atoms in total. The minimum absolute atomic E-state index is 0.281. The average Bonchev–Trinajstić information content (AvgIpc) is 2.17. The van der Waals surface area contributed by atoms with Gasteiger partial charge in [0.1, 0.15) is 5.69 Å². The van der Waals surface area contributed by atoms with Crippen LogP contribution in [0.2, 0.25) is 0 Å². The standard InChI is InChI=1S/C10H9N3O2/c1-7-2-3-9-10(4-7)11-5-8(12-9)6-13(14)15/h2-5H,6H2,1H3. The van der Waals surface area contributed by atoms with Crippen molar-refractivity contribution in [2.45, 2.75) is 13.5 Å². The van der Waals surface area contributed by atoms with Gasteiger partial charge in [0.25, 0.3) is 0 Å². The van der Waals surface area contributed by atoms with E-state index in [-0.39, 0.29) is 6.54 Å². The van der Waals surface area contributed by atoms with E-state index >= 15 is 0 Å². The summed E-state index contributed by atoms with van der Waals surface area (Å²) in [5.41, 5.74) is 2.94. The van der Waals surface area contributed by atoms with Gasteiger partial charge in [-0.05, 0) is 24.6 Å². The molecule has 0 unspecified atom stereocenters. The Morgan fingerprint density at radius 3 is 2.93 bits per heavy atom. The van der Waals surface area contributed by atoms with Gasteiger partial charge in [0.05, 0.1) is 17.2 Å². The highest BCUT2D eigenvalue weighted by Crippen LogP contribution is 2.11. The summed E-state index contributed by atoms with van der Waals surface area (Å²) in [5.74, 6) is 0. The minimum Gasteiger partial charge on any atom is -0.264 e. The lowest BCUT2D eigenvalue weighted by Crippen LogP contribution is -2.01. The summed E-state index contributed by atoms with van der Waals surface area (Å²) in [6.45, 7) is 1.68. The summed E-state index contributed by atoms with van der Waals surface area (Å²) in [6.07, 6.45) is 1.45. The van der Waals surface area contributed by atoms with E-state index in [1.807, 2.05) is 25.1 Å². The quantitative estimate of drug-likeness (QED) is 0.550. The van der Waals surface area contributed by atoms with Crippen LogP contribution < -0.4 is 0 Å². The van der Waals surface area contributed by atoms with Gasteiger partial charge >= 0.3 is 0 Å². The first-order valence-corrected chi connectivity index (χ1v) is 4.49. The molecule has 0 radical (unpaired) electrons. The van der Waals surface area contributed by atoms with Gasteiger partial charge in [-0.1, -0.05) is 6.07 Å². The van der Waals surface area contributed by atoms with E-state index in [1.165, 1.54) is 6.20 Å². The Balaban J connectivity index is 2.47. The minimum atomic E-state index is -0.413. The Hall–Kier alpha value is -2.04. The fraction of sp³-hybridized carbons (Fsp3) is 0.200. The van der Waals surface area contributed by atoms with Gasteiger partial charge in [0, 0.05) is 4.92 Å². The van der Waals surface area contributed by atoms with E-state index in [0.29, 0.717) is 11.2 Å². The highest BCUT2D eigenvalue weighted by molar-refractivity contribution is 5.74. The van der Waals surface area contributed by atoms with Crippen molar-refractivity contribution in [2.24, 2.45) is 0 Å². The molecule has 15 heavy (non-hydrogen) atoms. The summed E-state index contributed by atoms with van der Waals surface area (Å²) in [4.78, 5) is 18.2. The van der Waals surface area contributed by atoms with Gasteiger partial charge in [-0.2, -0.15) is 0 Å². The third kappa shape index (κ3) is 2.07. The Bertz CT molecular complexity index is 525. The summed E-state index contributed by atoms with van der Waals surface area (Å²) in [6, 6.07) is 5.63. The first-order valence-electron chi connectivity index (χ1n) is 4.49. The van der Waals surface area contributed by atoms with E-state index in [0.717, 1.165) is 11.1 Å². The predicted octanol–water partition coefficient (Wildman–Crippen LogP) is 1.71. The fourth-order valence-corrected chi connectivity index (χ4v) is 1.37. The lowest BCUT2D eigenvalue weighted by Gasteiger charge is -1.99. The zero-order chi connectivity index (χ0) is 10.8. The Morgan fingerprint density at radius 1 is 1.40 bits per heavy atom. The summed E-state index contributed by atoms with van der Waals surface area (Å²) in [5, 5.41) is 10.3. The summed E-state index contributed by atoms with van der Waals surface area (Å²) < 4.78 is 0. The highest BCUT2D eigenvalue weighted by atomic mass is 16.6. The molecule has 76 valence electrons. The first-order chi connectivity index (χ1) is 7.15. The van der Waals surface area contributed by atoms with Crippen molar-refractivity contribution in [1.29, 1.82) is 0 Å². The third-order valence-corrected chi connectivity index (χ3v) is 2.04. The van der Waals surface area contributed by atoms with Crippen LogP contribution in [0.5, 0.6) is 0 Å². The fourth-order valence-electron chi connectivity index (χ4n) is 1.37. The van der Waals surface area contributed by atoms with Crippen LogP contribution in [0.1, 0.15) is 11.3 Å². The van der Waals surface area contributed by atoms with Gasteiger partial charge < -0.3 is 0 Å². The van der Waals surface area contributed by atoms with Gasteiger partial charge in [-0.15, -0.1) is 0 Å². The molecule has 1 heterocycles. The van der Waals surface area contributed by atoms with Crippen LogP contribution in [-0.4, -0.2) is 14.9 Å². The first kappa shape index (κ1) is 9.51. The number of hydrogen-bond donors (Lipinski definition) is 0. The maximum absolute atomic E-state index is 10.3. The van der Waals surface area contributed by atoms with Crippen LogP contribution in [0.4, 0.5) is 0 Å². The molecule has 2 rings (SSSR count). The van der Waals surface area contributed by atoms with Gasteiger partial charge in [-0.25, -0.2) is 4.98 Å². The Labute approximate surface area is 85.9 Å². The highest BCUT2D eigenvalue weighted by Gasteiger charge is 2.05. The SMILES string of the molecule is Cc1ccc2nc(C[N+](=O)[O-])cnc2c1. The zero-order valence-corrected chi connectivity index (χ0v) is 8.17. The monoisotopic (exact) mass is 203 g/mol. The van der Waals surface area contributed by atoms with Crippen molar-refractivity contribution in [3.63, 3.8) is 0 Å². The van der Waals surface area contributed by atoms with Crippen molar-refractivity contribution in [3.8, 4) is 0 Å². The van der Waals surface area contributed by atoms with Gasteiger partial charge in [-0.3, -0.25) is 15.1 Å². The number of hydrogen-bond acceptors (Lipinski definition) is 4.